The third-order valence-electron chi connectivity index (χ3n) is 8.12. The summed E-state index contributed by atoms with van der Waals surface area (Å²) in [5.41, 5.74) is 2.31. The minimum atomic E-state index is -0.0806. The normalized spacial score (nSPS) is 17.6. The lowest BCUT2D eigenvalue weighted by Gasteiger charge is -2.32. The van der Waals surface area contributed by atoms with E-state index in [0.717, 1.165) is 61.9 Å². The Morgan fingerprint density at radius 2 is 1.49 bits per heavy atom. The van der Waals surface area contributed by atoms with Crippen molar-refractivity contribution < 1.29 is 19.1 Å². The molecule has 2 unspecified atom stereocenters. The maximum Gasteiger partial charge on any atom is 0.227 e. The van der Waals surface area contributed by atoms with Crippen molar-refractivity contribution in [3.63, 3.8) is 0 Å². The molecule has 2 saturated heterocycles. The monoisotopic (exact) mass is 628 g/mol. The van der Waals surface area contributed by atoms with E-state index >= 15 is 0 Å². The van der Waals surface area contributed by atoms with Crippen LogP contribution in [0.5, 0.6) is 11.5 Å². The number of nitrogens with zero attached hydrogens (tertiary/aromatic N) is 2. The number of benzene rings is 2. The summed E-state index contributed by atoms with van der Waals surface area (Å²) in [6, 6.07) is 16.0. The van der Waals surface area contributed by atoms with Gasteiger partial charge in [-0.1, -0.05) is 53.5 Å². The molecule has 2 aliphatic rings. The van der Waals surface area contributed by atoms with Crippen molar-refractivity contribution in [3.8, 4) is 11.5 Å². The molecule has 2 heterocycles. The van der Waals surface area contributed by atoms with E-state index in [1.807, 2.05) is 42.2 Å². The molecule has 2 fully saturated rings. The molecule has 0 spiro atoms. The van der Waals surface area contributed by atoms with Gasteiger partial charge in [0.1, 0.15) is 11.5 Å². The van der Waals surface area contributed by atoms with Crippen molar-refractivity contribution in [2.75, 3.05) is 66.6 Å². The lowest BCUT2D eigenvalue weighted by molar-refractivity contribution is -0.135. The van der Waals surface area contributed by atoms with Gasteiger partial charge in [0.2, 0.25) is 11.8 Å². The van der Waals surface area contributed by atoms with Gasteiger partial charge in [-0.2, -0.15) is 0 Å². The Hall–Kier alpha value is -3.10. The minimum absolute atomic E-state index is 0. The van der Waals surface area contributed by atoms with E-state index in [1.165, 1.54) is 38.0 Å². The van der Waals surface area contributed by atoms with Gasteiger partial charge in [-0.3, -0.25) is 9.59 Å². The van der Waals surface area contributed by atoms with Gasteiger partial charge in [0.25, 0.3) is 0 Å². The number of nitrogens with one attached hydrogen (secondary N) is 2. The third kappa shape index (κ3) is 14.7. The van der Waals surface area contributed by atoms with Crippen molar-refractivity contribution in [3.05, 3.63) is 59.7 Å². The summed E-state index contributed by atoms with van der Waals surface area (Å²) in [6.45, 7) is 11.9. The summed E-state index contributed by atoms with van der Waals surface area (Å²) in [4.78, 5) is 28.8. The van der Waals surface area contributed by atoms with Crippen molar-refractivity contribution in [2.24, 2.45) is 11.8 Å². The number of hydrogen-bond donors (Lipinski definition) is 2. The van der Waals surface area contributed by atoms with Crippen molar-refractivity contribution in [2.45, 2.75) is 74.7 Å². The number of ether oxygens (including phenoxy) is 2. The van der Waals surface area contributed by atoms with Crippen molar-refractivity contribution >= 4 is 11.8 Å². The fourth-order valence-corrected chi connectivity index (χ4v) is 5.79. The predicted octanol–water partition coefficient (Wildman–Crippen LogP) is 6.08. The summed E-state index contributed by atoms with van der Waals surface area (Å²) >= 11 is 0. The maximum atomic E-state index is 12.4. The zero-order valence-corrected chi connectivity index (χ0v) is 26.2. The van der Waals surface area contributed by atoms with Crippen LogP contribution in [0.3, 0.4) is 0 Å². The second-order valence-electron chi connectivity index (χ2n) is 11.3. The van der Waals surface area contributed by atoms with Crippen LogP contribution in [0.1, 0.15) is 72.9 Å². The first-order valence-corrected chi connectivity index (χ1v) is 15.7. The van der Waals surface area contributed by atoms with Crippen LogP contribution >= 0.6 is 0 Å². The molecule has 8 heteroatoms. The summed E-state index contributed by atoms with van der Waals surface area (Å²) in [5, 5.41) is 6.33. The Morgan fingerprint density at radius 1 is 0.844 bits per heavy atom. The van der Waals surface area contributed by atoms with Crippen LogP contribution in [0.4, 0.5) is 0 Å². The molecule has 0 radical (unpaired) electrons. The Bertz CT molecular complexity index is 1100. The lowest BCUT2D eigenvalue weighted by Crippen LogP contribution is -2.45. The molecule has 0 saturated carbocycles. The average molecular weight is 629 g/mol. The standard InChI is InChI=1S/C17H24N2O3.C17H28N2O.3CH4/c1-3-18-17(21)14-7-5-9-19(12-14)16(20)11-13-6-4-8-15(10-13)22-2;1-3-18-13-16-7-5-10-19(14-16)11-9-15-6-4-8-17(12-15)20-2;;;/h4,6,8,10,14H,3,5,7,9,11-12H2,1-2H3,(H,18,21);4,6,8,12,16,18H,3,5,7,9-11,13-14H2,1-2H3;3*1H4. The SMILES string of the molecule is C.C.C.CCNC(=O)C1CCCN(C(=O)Cc2cccc(OC)c2)C1.CCNCC1CCCN(CCc2cccc(OC)c2)C1. The molecule has 2 N–H and O–H groups in total. The van der Waals surface area contributed by atoms with Gasteiger partial charge in [-0.05, 0) is 100.0 Å². The molecular formula is C37H64N4O4. The topological polar surface area (TPSA) is 83.1 Å². The molecule has 0 aromatic heterocycles. The molecule has 2 amide bonds. The fraction of sp³-hybridized carbons (Fsp3) is 0.622. The number of methoxy groups -OCH3 is 2. The molecular weight excluding hydrogens is 564 g/mol. The maximum absolute atomic E-state index is 12.4. The molecule has 256 valence electrons. The highest BCUT2D eigenvalue weighted by atomic mass is 16.5. The van der Waals surface area contributed by atoms with Crippen LogP contribution in [0.25, 0.3) is 0 Å². The highest BCUT2D eigenvalue weighted by Gasteiger charge is 2.28. The highest BCUT2D eigenvalue weighted by molar-refractivity contribution is 5.82. The first-order valence-electron chi connectivity index (χ1n) is 15.7. The van der Waals surface area contributed by atoms with Gasteiger partial charge >= 0.3 is 0 Å². The third-order valence-corrected chi connectivity index (χ3v) is 8.12. The van der Waals surface area contributed by atoms with Gasteiger partial charge < -0.3 is 29.9 Å². The van der Waals surface area contributed by atoms with E-state index < -0.39 is 0 Å². The van der Waals surface area contributed by atoms with E-state index in [1.54, 1.807) is 14.2 Å². The fourth-order valence-electron chi connectivity index (χ4n) is 5.79. The van der Waals surface area contributed by atoms with Crippen LogP contribution < -0.4 is 20.1 Å². The number of rotatable bonds is 12. The Morgan fingerprint density at radius 3 is 2.13 bits per heavy atom. The van der Waals surface area contributed by atoms with Gasteiger partial charge in [-0.15, -0.1) is 0 Å². The Balaban J connectivity index is 0.000000810. The second kappa shape index (κ2) is 23.3. The van der Waals surface area contributed by atoms with Crippen LogP contribution in [-0.4, -0.2) is 88.2 Å². The number of hydrogen-bond acceptors (Lipinski definition) is 6. The van der Waals surface area contributed by atoms with Gasteiger partial charge in [0.05, 0.1) is 26.6 Å². The first-order chi connectivity index (χ1) is 20.4. The molecule has 2 atom stereocenters. The molecule has 0 bridgehead atoms. The summed E-state index contributed by atoms with van der Waals surface area (Å²) < 4.78 is 10.5. The van der Waals surface area contributed by atoms with E-state index in [4.69, 9.17) is 9.47 Å². The van der Waals surface area contributed by atoms with E-state index in [2.05, 4.69) is 40.7 Å². The van der Waals surface area contributed by atoms with Gasteiger partial charge in [-0.25, -0.2) is 0 Å². The molecule has 2 aromatic rings. The molecule has 45 heavy (non-hydrogen) atoms. The number of likely N-dealkylation sites (tertiary alicyclic amines) is 2. The summed E-state index contributed by atoms with van der Waals surface area (Å²) in [7, 11) is 3.34. The number of piperidine rings is 2. The van der Waals surface area contributed by atoms with E-state index in [-0.39, 0.29) is 40.0 Å². The molecule has 4 rings (SSSR count). The predicted molar refractivity (Wildman–Crippen MR) is 189 cm³/mol. The smallest absolute Gasteiger partial charge is 0.227 e. The minimum Gasteiger partial charge on any atom is -0.497 e. The number of carbonyl (C=O) groups is 2. The van der Waals surface area contributed by atoms with Crippen LogP contribution in [0.2, 0.25) is 0 Å². The van der Waals surface area contributed by atoms with Gasteiger partial charge in [0, 0.05) is 32.7 Å². The van der Waals surface area contributed by atoms with Crippen molar-refractivity contribution in [1.82, 2.24) is 20.4 Å². The molecule has 2 aliphatic heterocycles. The second-order valence-corrected chi connectivity index (χ2v) is 11.3. The lowest BCUT2D eigenvalue weighted by atomic mass is 9.96. The van der Waals surface area contributed by atoms with Gasteiger partial charge in [0.15, 0.2) is 0 Å². The van der Waals surface area contributed by atoms with Crippen LogP contribution in [0.15, 0.2) is 48.5 Å². The number of carbonyl (C=O) groups excluding carboxylic acids is 2. The highest BCUT2D eigenvalue weighted by Crippen LogP contribution is 2.20. The Kier molecular flexibility index (Phi) is 21.7. The van der Waals surface area contributed by atoms with Crippen molar-refractivity contribution in [1.29, 1.82) is 0 Å². The number of amides is 2. The summed E-state index contributed by atoms with van der Waals surface area (Å²) in [5.74, 6) is 2.59. The zero-order chi connectivity index (χ0) is 30.2. The molecule has 0 aliphatic carbocycles. The summed E-state index contributed by atoms with van der Waals surface area (Å²) in [6.07, 6.45) is 5.92. The molecule has 8 nitrogen and oxygen atoms in total. The van der Waals surface area contributed by atoms with E-state index in [0.29, 0.717) is 19.5 Å². The van der Waals surface area contributed by atoms with Crippen LogP contribution in [-0.2, 0) is 22.4 Å². The molecule has 2 aromatic carbocycles. The van der Waals surface area contributed by atoms with E-state index in [9.17, 15) is 9.59 Å². The largest absolute Gasteiger partial charge is 0.497 e. The quantitative estimate of drug-likeness (QED) is 0.297. The first kappa shape index (κ1) is 41.9. The van der Waals surface area contributed by atoms with Crippen LogP contribution in [0, 0.1) is 11.8 Å². The zero-order valence-electron chi connectivity index (χ0n) is 26.2. The average Bonchev–Trinajstić information content (AvgIpc) is 3.03. The Labute approximate surface area is 275 Å².